The molecule has 3 aromatic carbocycles. The van der Waals surface area contributed by atoms with E-state index < -0.39 is 8.07 Å². The molecule has 0 unspecified atom stereocenters. The van der Waals surface area contributed by atoms with Gasteiger partial charge in [0.15, 0.2) is 0 Å². The van der Waals surface area contributed by atoms with Gasteiger partial charge in [0.05, 0.1) is 30.5 Å². The van der Waals surface area contributed by atoms with Crippen LogP contribution in [0.4, 0.5) is 0 Å². The first kappa shape index (κ1) is 33.5. The predicted octanol–water partition coefficient (Wildman–Crippen LogP) is 9.67. The van der Waals surface area contributed by atoms with Crippen LogP contribution in [-0.4, -0.2) is 27.6 Å². The van der Waals surface area contributed by atoms with Crippen LogP contribution < -0.4 is 5.19 Å². The third-order valence-electron chi connectivity index (χ3n) is 7.96. The van der Waals surface area contributed by atoms with Gasteiger partial charge in [0.2, 0.25) is 5.71 Å². The number of fused-ring (bicyclic) bond motifs is 4. The van der Waals surface area contributed by atoms with Crippen LogP contribution in [0.3, 0.4) is 0 Å². The Balaban J connectivity index is 0.000000182. The van der Waals surface area contributed by atoms with Gasteiger partial charge in [-0.15, -0.1) is 54.1 Å². The van der Waals surface area contributed by atoms with Gasteiger partial charge < -0.3 is 14.0 Å². The van der Waals surface area contributed by atoms with Crippen molar-refractivity contribution in [3.63, 3.8) is 0 Å². The number of rotatable bonds is 6. The van der Waals surface area contributed by atoms with Crippen molar-refractivity contribution in [3.05, 3.63) is 109 Å². The van der Waals surface area contributed by atoms with Crippen LogP contribution in [-0.2, 0) is 26.5 Å². The van der Waals surface area contributed by atoms with Gasteiger partial charge in [0.1, 0.15) is 0 Å². The van der Waals surface area contributed by atoms with Crippen molar-refractivity contribution < 1.29 is 24.5 Å². The Bertz CT molecular complexity index is 2090. The van der Waals surface area contributed by atoms with Gasteiger partial charge in [-0.05, 0) is 61.3 Å². The van der Waals surface area contributed by atoms with E-state index in [4.69, 9.17) is 9.40 Å². The Morgan fingerprint density at radius 1 is 0.848 bits per heavy atom. The fourth-order valence-electron chi connectivity index (χ4n) is 5.97. The Labute approximate surface area is 286 Å². The average molecular weight is 801 g/mol. The molecule has 0 amide bonds. The fraction of sp³-hybridized carbons (Fsp3) is 0.256. The first-order valence-electron chi connectivity index (χ1n) is 15.7. The zero-order valence-electron chi connectivity index (χ0n) is 27.6. The second-order valence-electron chi connectivity index (χ2n) is 13.3. The number of hydrogen-bond donors (Lipinski definition) is 0. The van der Waals surface area contributed by atoms with Gasteiger partial charge in [0, 0.05) is 43.9 Å². The third kappa shape index (κ3) is 6.78. The van der Waals surface area contributed by atoms with Crippen LogP contribution in [0.5, 0.6) is 0 Å². The van der Waals surface area contributed by atoms with Crippen molar-refractivity contribution in [1.82, 2.24) is 19.5 Å². The number of nitrogens with zero attached hydrogens (tertiary/aromatic N) is 4. The number of hydrogen-bond acceptors (Lipinski definition) is 4. The Hall–Kier alpha value is -3.90. The van der Waals surface area contributed by atoms with E-state index in [0.717, 1.165) is 56.5 Å². The van der Waals surface area contributed by atoms with E-state index in [9.17, 15) is 0 Å². The summed E-state index contributed by atoms with van der Waals surface area (Å²) >= 11 is 0. The molecule has 237 valence electrons. The third-order valence-corrected chi connectivity index (χ3v) is 10.0. The smallest absolute Gasteiger partial charge is 0.216 e. The largest absolute Gasteiger partial charge is 0.486 e. The molecule has 46 heavy (non-hydrogen) atoms. The molecule has 0 aliphatic heterocycles. The van der Waals surface area contributed by atoms with E-state index >= 15 is 0 Å². The molecule has 5 nitrogen and oxygen atoms in total. The van der Waals surface area contributed by atoms with Crippen molar-refractivity contribution in [2.75, 3.05) is 0 Å². The molecule has 7 aromatic rings. The summed E-state index contributed by atoms with van der Waals surface area (Å²) in [6, 6.07) is 33.3. The van der Waals surface area contributed by atoms with E-state index in [0.29, 0.717) is 11.6 Å². The molecule has 4 aromatic heterocycles. The van der Waals surface area contributed by atoms with Crippen molar-refractivity contribution in [3.8, 4) is 22.6 Å². The maximum Gasteiger partial charge on any atom is 0.216 e. The van der Waals surface area contributed by atoms with Crippen LogP contribution in [0.15, 0.2) is 95.7 Å². The normalized spacial score (nSPS) is 11.7. The topological polar surface area (TPSA) is 56.7 Å². The summed E-state index contributed by atoms with van der Waals surface area (Å²) in [6.07, 6.45) is 4.99. The van der Waals surface area contributed by atoms with Crippen LogP contribution in [0.25, 0.3) is 55.7 Å². The summed E-state index contributed by atoms with van der Waals surface area (Å²) in [5.41, 5.74) is 8.00. The standard InChI is InChI=1S/C21H16N3O.C18H24NSi.Ir/c1-13(2)24-18-11-4-3-10-17(18)23-20(24)16-8-5-7-14-15-9-6-12-22-21(15)25-19(14)16;1-14(2)11-16-12-17(15-9-7-6-8-10-15)19-13-18(16)20(3,4)5;/h3-7,9-13H,1-2H3;6-9,12-14H,11H2,1-5H3;/q2*-1;. The maximum atomic E-state index is 6.07. The molecule has 0 saturated heterocycles. The predicted molar refractivity (Wildman–Crippen MR) is 189 cm³/mol. The number of aromatic nitrogens is 4. The monoisotopic (exact) mass is 801 g/mol. The van der Waals surface area contributed by atoms with Crippen LogP contribution in [0, 0.1) is 18.1 Å². The minimum atomic E-state index is -1.34. The SMILES string of the molecule is CC(C)Cc1cc(-c2[c-]cccc2)ncc1[Si](C)(C)C.CC(C)n1c(-c2[c-]ccc3c2oc2ncccc23)nc2ccccc21.[Ir]. The summed E-state index contributed by atoms with van der Waals surface area (Å²) in [7, 11) is -1.34. The van der Waals surface area contributed by atoms with Crippen LogP contribution >= 0.6 is 0 Å². The van der Waals surface area contributed by atoms with Gasteiger partial charge in [-0.2, -0.15) is 0 Å². The van der Waals surface area contributed by atoms with E-state index in [1.807, 2.05) is 60.7 Å². The number of imidazole rings is 1. The number of pyridine rings is 2. The minimum Gasteiger partial charge on any atom is -0.486 e. The maximum absolute atomic E-state index is 6.07. The second-order valence-corrected chi connectivity index (χ2v) is 18.3. The van der Waals surface area contributed by atoms with Gasteiger partial charge in [-0.1, -0.05) is 68.2 Å². The summed E-state index contributed by atoms with van der Waals surface area (Å²) in [5.74, 6) is 1.54. The molecule has 0 atom stereocenters. The zero-order valence-corrected chi connectivity index (χ0v) is 30.9. The number of benzene rings is 3. The average Bonchev–Trinajstić information content (AvgIpc) is 3.60. The molecule has 7 heteroatoms. The van der Waals surface area contributed by atoms with Gasteiger partial charge >= 0.3 is 0 Å². The minimum absolute atomic E-state index is 0. The molecule has 0 saturated carbocycles. The van der Waals surface area contributed by atoms with E-state index in [1.165, 1.54) is 10.8 Å². The van der Waals surface area contributed by atoms with Crippen LogP contribution in [0.2, 0.25) is 19.6 Å². The first-order valence-corrected chi connectivity index (χ1v) is 19.2. The molecule has 0 aliphatic rings. The molecular weight excluding hydrogens is 761 g/mol. The molecule has 0 aliphatic carbocycles. The van der Waals surface area contributed by atoms with Crippen LogP contribution in [0.1, 0.15) is 39.3 Å². The van der Waals surface area contributed by atoms with Gasteiger partial charge in [-0.3, -0.25) is 4.98 Å². The van der Waals surface area contributed by atoms with E-state index in [1.54, 1.807) is 6.20 Å². The second kappa shape index (κ2) is 13.8. The molecule has 0 bridgehead atoms. The molecule has 7 rings (SSSR count). The molecule has 0 fully saturated rings. The fourth-order valence-corrected chi connectivity index (χ4v) is 7.56. The molecule has 1 radical (unpaired) electrons. The van der Waals surface area contributed by atoms with Crippen molar-refractivity contribution in [2.24, 2.45) is 5.92 Å². The molecule has 0 spiro atoms. The first-order chi connectivity index (χ1) is 21.6. The summed E-state index contributed by atoms with van der Waals surface area (Å²) in [6.45, 7) is 16.1. The Kier molecular flexibility index (Phi) is 10.1. The summed E-state index contributed by atoms with van der Waals surface area (Å²) < 4.78 is 8.31. The summed E-state index contributed by atoms with van der Waals surface area (Å²) in [5, 5.41) is 3.55. The van der Waals surface area contributed by atoms with Gasteiger partial charge in [0.25, 0.3) is 0 Å². The van der Waals surface area contributed by atoms with E-state index in [2.05, 4.69) is 98.4 Å². The number of para-hydroxylation sites is 2. The zero-order chi connectivity index (χ0) is 31.7. The summed E-state index contributed by atoms with van der Waals surface area (Å²) in [4.78, 5) is 13.9. The Morgan fingerprint density at radius 2 is 1.63 bits per heavy atom. The molecule has 4 heterocycles. The van der Waals surface area contributed by atoms with Crippen molar-refractivity contribution >= 4 is 46.4 Å². The Morgan fingerprint density at radius 3 is 2.35 bits per heavy atom. The molecular formula is C39H40IrN4OSi-2. The van der Waals surface area contributed by atoms with Gasteiger partial charge in [-0.25, -0.2) is 4.98 Å². The number of furan rings is 1. The van der Waals surface area contributed by atoms with Crippen molar-refractivity contribution in [2.45, 2.75) is 59.8 Å². The quantitative estimate of drug-likeness (QED) is 0.124. The molecule has 0 N–H and O–H groups in total. The van der Waals surface area contributed by atoms with Crippen molar-refractivity contribution in [1.29, 1.82) is 0 Å². The van der Waals surface area contributed by atoms with E-state index in [-0.39, 0.29) is 26.1 Å².